The van der Waals surface area contributed by atoms with Gasteiger partial charge in [0.2, 0.25) is 6.23 Å². The topological polar surface area (TPSA) is 297 Å². The van der Waals surface area contributed by atoms with Crippen LogP contribution in [0.15, 0.2) is 108 Å². The summed E-state index contributed by atoms with van der Waals surface area (Å²) in [6.45, 7) is 10.3. The van der Waals surface area contributed by atoms with Crippen LogP contribution in [-0.2, 0) is 43.0 Å². The lowest BCUT2D eigenvalue weighted by Crippen LogP contribution is -2.54. The Morgan fingerprint density at radius 2 is 1.18 bits per heavy atom. The van der Waals surface area contributed by atoms with Gasteiger partial charge in [0.25, 0.3) is 0 Å². The van der Waals surface area contributed by atoms with E-state index < -0.39 is 54.4 Å². The number of esters is 2. The molecule has 5 atom stereocenters. The molecule has 0 radical (unpaired) electrons. The first kappa shape index (κ1) is 56.1. The van der Waals surface area contributed by atoms with Crippen LogP contribution in [0.3, 0.4) is 0 Å². The van der Waals surface area contributed by atoms with Gasteiger partial charge in [0.1, 0.15) is 30.1 Å². The second-order valence-corrected chi connectivity index (χ2v) is 18.8. The molecule has 78 heavy (non-hydrogen) atoms. The number of pyridine rings is 2. The number of piperazine rings is 2. The number of nitrogens with one attached hydrogen (secondary N) is 1. The van der Waals surface area contributed by atoms with E-state index in [4.69, 9.17) is 29.5 Å². The van der Waals surface area contributed by atoms with Crippen molar-refractivity contribution in [1.29, 1.82) is 0 Å². The van der Waals surface area contributed by atoms with Crippen molar-refractivity contribution in [2.45, 2.75) is 57.2 Å². The number of cyclic esters (lactones) is 2. The first-order valence-corrected chi connectivity index (χ1v) is 25.8. The Kier molecular flexibility index (Phi) is 19.3. The Balaban J connectivity index is 0.000000206. The average molecular weight is 1080 g/mol. The lowest BCUT2D eigenvalue weighted by Gasteiger charge is -2.38. The lowest BCUT2D eigenvalue weighted by atomic mass is 10.1. The van der Waals surface area contributed by atoms with Crippen molar-refractivity contribution in [1.82, 2.24) is 35.0 Å². The Hall–Kier alpha value is -8.10. The molecule has 4 fully saturated rings. The zero-order chi connectivity index (χ0) is 55.1. The Morgan fingerprint density at radius 1 is 0.692 bits per heavy atom. The van der Waals surface area contributed by atoms with Gasteiger partial charge in [-0.3, -0.25) is 58.5 Å². The highest BCUT2D eigenvalue weighted by atomic mass is 16.7. The number of hydrogen-bond donors (Lipinski definition) is 4. The monoisotopic (exact) mass is 1080 g/mol. The third-order valence-corrected chi connectivity index (χ3v) is 13.5. The second kappa shape index (κ2) is 26.8. The zero-order valence-corrected chi connectivity index (χ0v) is 43.4. The van der Waals surface area contributed by atoms with Crippen LogP contribution < -0.4 is 21.0 Å². The van der Waals surface area contributed by atoms with E-state index in [-0.39, 0.29) is 38.3 Å². The van der Waals surface area contributed by atoms with Crippen LogP contribution in [0.1, 0.15) is 49.6 Å². The van der Waals surface area contributed by atoms with E-state index in [2.05, 4.69) is 35.2 Å². The second-order valence-electron chi connectivity index (χ2n) is 18.8. The number of carboxylic acid groups (broad SMARTS) is 2. The molecular formula is C53H64N12O13. The summed E-state index contributed by atoms with van der Waals surface area (Å²) < 4.78 is 21.4. The number of anilines is 2. The highest BCUT2D eigenvalue weighted by molar-refractivity contribution is 6.00. The maximum atomic E-state index is 12.7. The van der Waals surface area contributed by atoms with Gasteiger partial charge >= 0.3 is 36.1 Å². The number of nitrogens with two attached hydrogens (primary N) is 1. The summed E-state index contributed by atoms with van der Waals surface area (Å²) in [6.07, 6.45) is 4.16. The Morgan fingerprint density at radius 3 is 1.63 bits per heavy atom. The van der Waals surface area contributed by atoms with E-state index in [1.807, 2.05) is 52.3 Å². The summed E-state index contributed by atoms with van der Waals surface area (Å²) in [7, 11) is 0. The molecule has 5 aliphatic heterocycles. The van der Waals surface area contributed by atoms with Crippen molar-refractivity contribution in [2.24, 2.45) is 15.7 Å². The van der Waals surface area contributed by atoms with Gasteiger partial charge in [-0.2, -0.15) is 0 Å². The molecule has 5 N–H and O–H groups in total. The number of nitrogens with zero attached hydrogens (tertiary/aromatic N) is 10. The fourth-order valence-corrected chi connectivity index (χ4v) is 9.59. The van der Waals surface area contributed by atoms with Crippen LogP contribution in [-0.4, -0.2) is 204 Å². The Labute approximate surface area is 450 Å². The molecule has 0 bridgehead atoms. The number of carboxylic acids is 2. The van der Waals surface area contributed by atoms with Crippen LogP contribution >= 0.6 is 0 Å². The van der Waals surface area contributed by atoms with Crippen LogP contribution in [0.4, 0.5) is 26.7 Å². The minimum absolute atomic E-state index is 0.202. The quantitative estimate of drug-likeness (QED) is 0.0428. The minimum Gasteiger partial charge on any atom is -0.481 e. The van der Waals surface area contributed by atoms with Crippen molar-refractivity contribution < 1.29 is 62.8 Å². The van der Waals surface area contributed by atoms with E-state index in [1.54, 1.807) is 78.8 Å². The SMILES string of the molecule is CCOC(=O)C(CC(=O)O)N1CCN(CC2CN(c3ccc(C(N)=Nc4cccnc4)cc3)C(=O)O2)CC1.CCOC(=O)C(CC(=O)O)N1CCN(CC2CN(c3ccc(C4=NC(c5cccnc5)ON4)cc3)C(=O)O2)CC1. The van der Waals surface area contributed by atoms with Gasteiger partial charge in [0.05, 0.1) is 51.0 Å². The molecule has 4 saturated heterocycles. The maximum Gasteiger partial charge on any atom is 0.414 e. The minimum atomic E-state index is -1.04. The standard InChI is InChI=1S/C27H32N6O7.C26H32N6O6/c1-2-38-26(36)22(14-23(34)35)32-12-10-31(11-13-32)16-21-17-33(27(37)39-21)20-7-5-18(6-8-20)24-29-25(40-30-24)19-4-3-9-28-15-19;1-2-37-25(35)22(14-23(33)34)31-12-10-30(11-13-31)16-21-17-32(26(36)38-21)20-7-5-18(6-8-20)24(27)29-19-4-3-9-28-15-19/h3-9,15,21-22,25H,2,10-14,16-17H2,1H3,(H,29,30)(H,34,35);3-9,15,21-22H,2,10-14,16-17H2,1H3,(H2,27,29)(H,33,34). The number of aliphatic carboxylic acids is 2. The molecule has 0 saturated carbocycles. The molecule has 7 heterocycles. The first-order valence-electron chi connectivity index (χ1n) is 25.8. The molecule has 5 unspecified atom stereocenters. The zero-order valence-electron chi connectivity index (χ0n) is 43.4. The molecule has 414 valence electrons. The van der Waals surface area contributed by atoms with Crippen molar-refractivity contribution in [2.75, 3.05) is 102 Å². The molecule has 5 aliphatic rings. The first-order chi connectivity index (χ1) is 37.7. The van der Waals surface area contributed by atoms with Gasteiger partial charge < -0.3 is 34.9 Å². The smallest absolute Gasteiger partial charge is 0.414 e. The summed E-state index contributed by atoms with van der Waals surface area (Å²) in [4.78, 5) is 106. The van der Waals surface area contributed by atoms with Gasteiger partial charge in [-0.25, -0.2) is 29.9 Å². The van der Waals surface area contributed by atoms with Crippen LogP contribution in [0.2, 0.25) is 0 Å². The summed E-state index contributed by atoms with van der Waals surface area (Å²) in [5.41, 5.74) is 13.4. The normalized spacial score (nSPS) is 21.1. The van der Waals surface area contributed by atoms with Gasteiger partial charge in [-0.1, -0.05) is 6.07 Å². The third-order valence-electron chi connectivity index (χ3n) is 13.5. The highest BCUT2D eigenvalue weighted by Gasteiger charge is 2.38. The number of aliphatic imine (C=N–C) groups is 2. The fraction of sp³-hybridized carbons (Fsp3) is 0.434. The number of carbonyl (C=O) groups is 6. The summed E-state index contributed by atoms with van der Waals surface area (Å²) in [5.74, 6) is -2.17. The number of hydrogen-bond acceptors (Lipinski definition) is 20. The maximum absolute atomic E-state index is 12.7. The molecule has 0 spiro atoms. The van der Waals surface area contributed by atoms with E-state index in [0.717, 1.165) is 22.4 Å². The van der Waals surface area contributed by atoms with Crippen LogP contribution in [0.5, 0.6) is 0 Å². The number of aromatic nitrogens is 2. The van der Waals surface area contributed by atoms with E-state index in [1.165, 1.54) is 0 Å². The molecule has 2 aromatic carbocycles. The summed E-state index contributed by atoms with van der Waals surface area (Å²) in [5, 5.41) is 18.4. The molecule has 2 aromatic heterocycles. The fourth-order valence-electron chi connectivity index (χ4n) is 9.59. The number of amides is 2. The van der Waals surface area contributed by atoms with Gasteiger partial charge in [0, 0.05) is 112 Å². The lowest BCUT2D eigenvalue weighted by molar-refractivity contribution is -0.155. The number of ether oxygens (including phenoxy) is 4. The summed E-state index contributed by atoms with van der Waals surface area (Å²) in [6, 6.07) is 20.4. The number of rotatable bonds is 20. The molecule has 25 nitrogen and oxygen atoms in total. The van der Waals surface area contributed by atoms with Crippen molar-refractivity contribution in [3.8, 4) is 0 Å². The highest BCUT2D eigenvalue weighted by Crippen LogP contribution is 2.27. The molecule has 2 amide bonds. The number of hydroxylamine groups is 1. The summed E-state index contributed by atoms with van der Waals surface area (Å²) >= 11 is 0. The van der Waals surface area contributed by atoms with Crippen LogP contribution in [0, 0.1) is 0 Å². The molecule has 0 aliphatic carbocycles. The van der Waals surface area contributed by atoms with Gasteiger partial charge in [0.15, 0.2) is 5.84 Å². The van der Waals surface area contributed by atoms with Crippen LogP contribution in [0.25, 0.3) is 0 Å². The number of carbonyl (C=O) groups excluding carboxylic acids is 4. The molecule has 9 rings (SSSR count). The van der Waals surface area contributed by atoms with Gasteiger partial charge in [-0.15, -0.1) is 0 Å². The van der Waals surface area contributed by atoms with E-state index >= 15 is 0 Å². The Bertz CT molecular complexity index is 2760. The van der Waals surface area contributed by atoms with Crippen molar-refractivity contribution in [3.63, 3.8) is 0 Å². The predicted molar refractivity (Wildman–Crippen MR) is 282 cm³/mol. The number of amidine groups is 2. The molecule has 25 heteroatoms. The van der Waals surface area contributed by atoms with Crippen molar-refractivity contribution >= 4 is 64.8 Å². The van der Waals surface area contributed by atoms with Gasteiger partial charge in [-0.05, 0) is 80.6 Å². The van der Waals surface area contributed by atoms with E-state index in [0.29, 0.717) is 102 Å². The number of benzene rings is 2. The molecular weight excluding hydrogens is 1010 g/mol. The molecule has 4 aromatic rings. The van der Waals surface area contributed by atoms with E-state index in [9.17, 15) is 39.0 Å². The van der Waals surface area contributed by atoms with Crippen molar-refractivity contribution in [3.05, 3.63) is 114 Å². The largest absolute Gasteiger partial charge is 0.481 e. The average Bonchev–Trinajstić information content (AvgIpc) is 4.20. The third kappa shape index (κ3) is 14.9. The predicted octanol–water partition coefficient (Wildman–Crippen LogP) is 2.88.